The van der Waals surface area contributed by atoms with Crippen molar-refractivity contribution < 1.29 is 9.59 Å². The van der Waals surface area contributed by atoms with E-state index in [1.54, 1.807) is 0 Å². The number of benzene rings is 2. The van der Waals surface area contributed by atoms with Crippen LogP contribution >= 0.6 is 0 Å². The minimum atomic E-state index is -0.0428. The van der Waals surface area contributed by atoms with Gasteiger partial charge in [0, 0.05) is 11.8 Å². The van der Waals surface area contributed by atoms with Gasteiger partial charge in [-0.2, -0.15) is 0 Å². The first-order chi connectivity index (χ1) is 14.6. The fraction of sp³-hybridized carbons (Fsp3) is 0.357. The fourth-order valence-corrected chi connectivity index (χ4v) is 5.08. The van der Waals surface area contributed by atoms with Gasteiger partial charge in [-0.3, -0.25) is 9.59 Å². The molecule has 0 saturated heterocycles. The minimum Gasteiger partial charge on any atom is -0.294 e. The van der Waals surface area contributed by atoms with Crippen molar-refractivity contribution in [2.24, 2.45) is 17.8 Å². The van der Waals surface area contributed by atoms with Gasteiger partial charge >= 0.3 is 0 Å². The predicted octanol–water partition coefficient (Wildman–Crippen LogP) is 6.53. The van der Waals surface area contributed by atoms with E-state index in [9.17, 15) is 9.59 Å². The second-order valence-electron chi connectivity index (χ2n) is 8.75. The second-order valence-corrected chi connectivity index (χ2v) is 8.75. The molecule has 0 aliphatic heterocycles. The van der Waals surface area contributed by atoms with Crippen LogP contribution in [0, 0.1) is 17.8 Å². The van der Waals surface area contributed by atoms with Crippen molar-refractivity contribution >= 4 is 23.7 Å². The van der Waals surface area contributed by atoms with Gasteiger partial charge in [-0.25, -0.2) is 0 Å². The Kier molecular flexibility index (Phi) is 6.42. The Morgan fingerprint density at radius 1 is 0.700 bits per heavy atom. The molecule has 2 nitrogen and oxygen atoms in total. The van der Waals surface area contributed by atoms with Gasteiger partial charge in [0.1, 0.15) is 0 Å². The highest BCUT2D eigenvalue weighted by Gasteiger charge is 2.39. The van der Waals surface area contributed by atoms with E-state index in [1.807, 2.05) is 72.8 Å². The summed E-state index contributed by atoms with van der Waals surface area (Å²) in [7, 11) is 0. The molecule has 2 aromatic rings. The van der Waals surface area contributed by atoms with Crippen molar-refractivity contribution in [3.63, 3.8) is 0 Å². The summed E-state index contributed by atoms with van der Waals surface area (Å²) in [5.41, 5.74) is 4.01. The molecule has 0 bridgehead atoms. The maximum atomic E-state index is 13.3. The number of hydrogen-bond donors (Lipinski definition) is 0. The first-order valence-electron chi connectivity index (χ1n) is 11.2. The summed E-state index contributed by atoms with van der Waals surface area (Å²) in [5, 5.41) is 0. The quantitative estimate of drug-likeness (QED) is 0.549. The minimum absolute atomic E-state index is 0.0428. The molecule has 2 atom stereocenters. The highest BCUT2D eigenvalue weighted by atomic mass is 16.1. The number of carbonyl (C=O) groups excluding carboxylic acids is 2. The van der Waals surface area contributed by atoms with Crippen LogP contribution in [-0.4, -0.2) is 11.6 Å². The van der Waals surface area contributed by atoms with Gasteiger partial charge in [0.2, 0.25) is 0 Å². The molecule has 154 valence electrons. The lowest BCUT2D eigenvalue weighted by atomic mass is 9.67. The number of rotatable bonds is 4. The molecular weight excluding hydrogens is 368 g/mol. The smallest absolute Gasteiger partial charge is 0.162 e. The van der Waals surface area contributed by atoms with Crippen molar-refractivity contribution in [2.75, 3.05) is 0 Å². The lowest BCUT2D eigenvalue weighted by Crippen LogP contribution is -2.36. The standard InChI is InChI=1S/C28H30O2/c1-20(25-16-8-14-23(27(25)29)18-21-10-4-2-5-11-21)26-17-9-15-24(28(26)30)19-22-12-6-3-7-13-22/h2-7,10-13,18-20,25-26H,8-9,14-17H2,1H3/b23-18+,24-19+. The van der Waals surface area contributed by atoms with Crippen LogP contribution in [0.1, 0.15) is 56.6 Å². The monoisotopic (exact) mass is 398 g/mol. The molecule has 30 heavy (non-hydrogen) atoms. The molecule has 4 rings (SSSR count). The maximum absolute atomic E-state index is 13.3. The number of hydrogen-bond acceptors (Lipinski definition) is 2. The Hall–Kier alpha value is -2.74. The van der Waals surface area contributed by atoms with E-state index < -0.39 is 0 Å². The number of allylic oxidation sites excluding steroid dienone is 2. The number of Topliss-reactive ketones (excluding diaryl/α,β-unsaturated/α-hetero) is 2. The van der Waals surface area contributed by atoms with Gasteiger partial charge in [0.25, 0.3) is 0 Å². The maximum Gasteiger partial charge on any atom is 0.162 e. The summed E-state index contributed by atoms with van der Waals surface area (Å²) in [5.74, 6) is 0.510. The van der Waals surface area contributed by atoms with Gasteiger partial charge in [-0.05, 0) is 78.9 Å². The lowest BCUT2D eigenvalue weighted by Gasteiger charge is -2.35. The number of ketones is 2. The summed E-state index contributed by atoms with van der Waals surface area (Å²) in [6.45, 7) is 2.13. The van der Waals surface area contributed by atoms with E-state index in [-0.39, 0.29) is 29.3 Å². The summed E-state index contributed by atoms with van der Waals surface area (Å²) < 4.78 is 0. The SMILES string of the molecule is CC(C1CCC/C(=C\c2ccccc2)C1=O)C1CCC/C(=C\c2ccccc2)C1=O. The largest absolute Gasteiger partial charge is 0.294 e. The Labute approximate surface area is 179 Å². The van der Waals surface area contributed by atoms with Gasteiger partial charge in [0.15, 0.2) is 11.6 Å². The molecule has 2 heteroatoms. The molecule has 2 fully saturated rings. The number of carbonyl (C=O) groups is 2. The van der Waals surface area contributed by atoms with Crippen molar-refractivity contribution in [3.8, 4) is 0 Å². The van der Waals surface area contributed by atoms with Gasteiger partial charge < -0.3 is 0 Å². The van der Waals surface area contributed by atoms with E-state index in [0.717, 1.165) is 60.8 Å². The van der Waals surface area contributed by atoms with E-state index in [1.165, 1.54) is 0 Å². The third-order valence-corrected chi connectivity index (χ3v) is 6.78. The first kappa shape index (κ1) is 20.5. The van der Waals surface area contributed by atoms with E-state index in [4.69, 9.17) is 0 Å². The molecule has 0 radical (unpaired) electrons. The highest BCUT2D eigenvalue weighted by Crippen LogP contribution is 2.40. The summed E-state index contributed by atoms with van der Waals surface area (Å²) in [6, 6.07) is 20.1. The van der Waals surface area contributed by atoms with Crippen LogP contribution in [0.4, 0.5) is 0 Å². The van der Waals surface area contributed by atoms with Crippen molar-refractivity contribution in [3.05, 3.63) is 82.9 Å². The average molecular weight is 399 g/mol. The van der Waals surface area contributed by atoms with Gasteiger partial charge in [0.05, 0.1) is 0 Å². The Bertz CT molecular complexity index is 873. The van der Waals surface area contributed by atoms with Gasteiger partial charge in [-0.15, -0.1) is 0 Å². The molecule has 2 aromatic carbocycles. The normalized spacial score (nSPS) is 26.2. The van der Waals surface area contributed by atoms with Crippen molar-refractivity contribution in [2.45, 2.75) is 45.4 Å². The van der Waals surface area contributed by atoms with Crippen LogP contribution in [0.3, 0.4) is 0 Å². The Morgan fingerprint density at radius 2 is 1.10 bits per heavy atom. The molecular formula is C28H30O2. The molecule has 0 heterocycles. The topological polar surface area (TPSA) is 34.1 Å². The molecule has 0 amide bonds. The van der Waals surface area contributed by atoms with Crippen LogP contribution < -0.4 is 0 Å². The van der Waals surface area contributed by atoms with Crippen LogP contribution in [0.25, 0.3) is 12.2 Å². The molecule has 0 aromatic heterocycles. The zero-order valence-corrected chi connectivity index (χ0v) is 17.7. The van der Waals surface area contributed by atoms with Gasteiger partial charge in [-0.1, -0.05) is 67.6 Å². The van der Waals surface area contributed by atoms with E-state index in [0.29, 0.717) is 0 Å². The fourth-order valence-electron chi connectivity index (χ4n) is 5.08. The third-order valence-electron chi connectivity index (χ3n) is 6.78. The highest BCUT2D eigenvalue weighted by molar-refractivity contribution is 6.04. The zero-order valence-electron chi connectivity index (χ0n) is 17.7. The summed E-state index contributed by atoms with van der Waals surface area (Å²) >= 11 is 0. The van der Waals surface area contributed by atoms with E-state index in [2.05, 4.69) is 6.92 Å². The zero-order chi connectivity index (χ0) is 20.9. The predicted molar refractivity (Wildman–Crippen MR) is 123 cm³/mol. The Morgan fingerprint density at radius 3 is 1.50 bits per heavy atom. The Balaban J connectivity index is 1.52. The second kappa shape index (κ2) is 9.38. The average Bonchev–Trinajstić information content (AvgIpc) is 2.78. The third kappa shape index (κ3) is 4.53. The lowest BCUT2D eigenvalue weighted by molar-refractivity contribution is -0.127. The molecule has 2 saturated carbocycles. The van der Waals surface area contributed by atoms with Crippen molar-refractivity contribution in [1.29, 1.82) is 0 Å². The molecule has 0 spiro atoms. The molecule has 2 unspecified atom stereocenters. The first-order valence-corrected chi connectivity index (χ1v) is 11.2. The van der Waals surface area contributed by atoms with Crippen molar-refractivity contribution in [1.82, 2.24) is 0 Å². The molecule has 0 N–H and O–H groups in total. The van der Waals surface area contributed by atoms with Crippen LogP contribution in [-0.2, 0) is 9.59 Å². The van der Waals surface area contributed by atoms with Crippen LogP contribution in [0.15, 0.2) is 71.8 Å². The summed E-state index contributed by atoms with van der Waals surface area (Å²) in [6.07, 6.45) is 9.61. The van der Waals surface area contributed by atoms with Crippen LogP contribution in [0.2, 0.25) is 0 Å². The van der Waals surface area contributed by atoms with E-state index >= 15 is 0 Å². The molecule has 2 aliphatic carbocycles. The van der Waals surface area contributed by atoms with Crippen LogP contribution in [0.5, 0.6) is 0 Å². The summed E-state index contributed by atoms with van der Waals surface area (Å²) in [4.78, 5) is 26.6. The molecule has 2 aliphatic rings.